The van der Waals surface area contributed by atoms with Gasteiger partial charge in [0.1, 0.15) is 18.5 Å². The van der Waals surface area contributed by atoms with Gasteiger partial charge in [0, 0.05) is 28.2 Å². The van der Waals surface area contributed by atoms with Crippen molar-refractivity contribution in [1.82, 2.24) is 9.88 Å². The lowest BCUT2D eigenvalue weighted by Gasteiger charge is -2.35. The number of fused-ring (bicyclic) bond motifs is 3. The van der Waals surface area contributed by atoms with Gasteiger partial charge >= 0.3 is 6.09 Å². The number of aromatic amines is 1. The molecule has 8 heteroatoms. The predicted octanol–water partition coefficient (Wildman–Crippen LogP) is 5.92. The van der Waals surface area contributed by atoms with Crippen molar-refractivity contribution in [2.45, 2.75) is 12.5 Å². The van der Waals surface area contributed by atoms with Crippen LogP contribution in [0.4, 0.5) is 4.79 Å². The minimum absolute atomic E-state index is 0.0893. The molecule has 0 bridgehead atoms. The minimum atomic E-state index is -0.474. The summed E-state index contributed by atoms with van der Waals surface area (Å²) in [7, 11) is 0. The maximum atomic E-state index is 13.3. The highest BCUT2D eigenvalue weighted by molar-refractivity contribution is 6.32. The summed E-state index contributed by atoms with van der Waals surface area (Å²) in [6, 6.07) is 19.8. The van der Waals surface area contributed by atoms with E-state index in [1.807, 2.05) is 42.5 Å². The second-order valence-corrected chi connectivity index (χ2v) is 8.58. The zero-order valence-corrected chi connectivity index (χ0v) is 19.1. The van der Waals surface area contributed by atoms with Crippen LogP contribution in [0, 0.1) is 0 Å². The Morgan fingerprint density at radius 2 is 1.88 bits per heavy atom. The van der Waals surface area contributed by atoms with Crippen LogP contribution in [-0.4, -0.2) is 29.3 Å². The van der Waals surface area contributed by atoms with Crippen molar-refractivity contribution in [1.29, 1.82) is 0 Å². The van der Waals surface area contributed by atoms with Gasteiger partial charge in [0.05, 0.1) is 5.02 Å². The summed E-state index contributed by atoms with van der Waals surface area (Å²) in [6.07, 6.45) is 0.191. The number of nitrogens with zero attached hydrogens (tertiary/aromatic N) is 1. The average molecular weight is 482 g/mol. The second-order valence-electron chi connectivity index (χ2n) is 7.73. The summed E-state index contributed by atoms with van der Waals surface area (Å²) in [5.41, 5.74) is 9.44. The molecule has 3 aromatic carbocycles. The molecule has 5 rings (SSSR count). The van der Waals surface area contributed by atoms with E-state index in [2.05, 4.69) is 4.98 Å². The van der Waals surface area contributed by atoms with Gasteiger partial charge in [-0.1, -0.05) is 47.5 Å². The van der Waals surface area contributed by atoms with Gasteiger partial charge in [0.15, 0.2) is 5.75 Å². The van der Waals surface area contributed by atoms with E-state index in [-0.39, 0.29) is 12.8 Å². The van der Waals surface area contributed by atoms with E-state index in [0.29, 0.717) is 34.5 Å². The number of para-hydroxylation sites is 1. The van der Waals surface area contributed by atoms with Gasteiger partial charge in [0.2, 0.25) is 0 Å². The van der Waals surface area contributed by atoms with Crippen molar-refractivity contribution >= 4 is 40.2 Å². The van der Waals surface area contributed by atoms with Crippen LogP contribution in [0.3, 0.4) is 0 Å². The number of carbonyl (C=O) groups is 1. The fourth-order valence-electron chi connectivity index (χ4n) is 4.33. The molecule has 0 spiro atoms. The normalized spacial score (nSPS) is 15.4. The smallest absolute Gasteiger partial charge is 0.416 e. The van der Waals surface area contributed by atoms with Crippen LogP contribution in [0.15, 0.2) is 66.7 Å². The molecule has 1 aromatic heterocycles. The molecule has 3 N–H and O–H groups in total. The second kappa shape index (κ2) is 8.98. The lowest BCUT2D eigenvalue weighted by atomic mass is 9.92. The Balaban J connectivity index is 1.57. The number of hydrogen-bond acceptors (Lipinski definition) is 4. The number of halogens is 2. The van der Waals surface area contributed by atoms with Crippen LogP contribution in [0.5, 0.6) is 11.5 Å². The van der Waals surface area contributed by atoms with Gasteiger partial charge in [-0.2, -0.15) is 0 Å². The maximum Gasteiger partial charge on any atom is 0.416 e. The van der Waals surface area contributed by atoms with Gasteiger partial charge in [-0.3, -0.25) is 10.6 Å². The third-order valence-electron chi connectivity index (χ3n) is 5.80. The molecular formula is C25H21Cl2N3O3. The number of H-pyrrole nitrogens is 1. The summed E-state index contributed by atoms with van der Waals surface area (Å²) in [5, 5.41) is 2.11. The van der Waals surface area contributed by atoms with Crippen molar-refractivity contribution in [2.75, 3.05) is 13.3 Å². The molecule has 0 fully saturated rings. The third kappa shape index (κ3) is 4.13. The highest BCUT2D eigenvalue weighted by Crippen LogP contribution is 2.40. The van der Waals surface area contributed by atoms with Gasteiger partial charge in [-0.05, 0) is 60.0 Å². The average Bonchev–Trinajstić information content (AvgIpc) is 3.18. The number of ether oxygens (including phenoxy) is 2. The highest BCUT2D eigenvalue weighted by atomic mass is 35.5. The van der Waals surface area contributed by atoms with E-state index in [0.717, 1.165) is 27.7 Å². The Labute approximate surface area is 200 Å². The molecule has 1 aliphatic rings. The van der Waals surface area contributed by atoms with Crippen LogP contribution in [0.1, 0.15) is 22.9 Å². The van der Waals surface area contributed by atoms with E-state index >= 15 is 0 Å². The summed E-state index contributed by atoms with van der Waals surface area (Å²) in [4.78, 5) is 18.5. The Morgan fingerprint density at radius 3 is 2.64 bits per heavy atom. The van der Waals surface area contributed by atoms with Crippen molar-refractivity contribution in [3.8, 4) is 11.5 Å². The van der Waals surface area contributed by atoms with Crippen LogP contribution >= 0.6 is 23.2 Å². The summed E-state index contributed by atoms with van der Waals surface area (Å²) in [6.45, 7) is 0.563. The summed E-state index contributed by atoms with van der Waals surface area (Å²) >= 11 is 12.5. The van der Waals surface area contributed by atoms with E-state index in [1.165, 1.54) is 0 Å². The number of hydrogen-bond donors (Lipinski definition) is 2. The van der Waals surface area contributed by atoms with Gasteiger partial charge < -0.3 is 14.5 Å². The molecule has 4 aromatic rings. The largest absolute Gasteiger partial charge is 0.479 e. The molecular weight excluding hydrogens is 461 g/mol. The fraction of sp³-hybridized carbons (Fsp3) is 0.160. The number of aromatic nitrogens is 1. The molecule has 2 heterocycles. The first kappa shape index (κ1) is 21.6. The molecule has 0 radical (unpaired) electrons. The van der Waals surface area contributed by atoms with Gasteiger partial charge in [0.25, 0.3) is 0 Å². The first-order valence-electron chi connectivity index (χ1n) is 10.5. The number of nitrogens with one attached hydrogen (secondary N) is 1. The van der Waals surface area contributed by atoms with E-state index in [9.17, 15) is 4.79 Å². The SMILES string of the molecule is NCOc1ccc(C2c3[nH]c4ccc(Cl)cc4c3CCN2C(=O)Oc2ccccc2Cl)cc1. The molecule has 1 atom stereocenters. The molecule has 6 nitrogen and oxygen atoms in total. The van der Waals surface area contributed by atoms with Crippen molar-refractivity contribution in [3.63, 3.8) is 0 Å². The van der Waals surface area contributed by atoms with Crippen molar-refractivity contribution < 1.29 is 14.3 Å². The standard InChI is InChI=1S/C25H21Cl2N3O3/c26-16-7-10-21-19(13-16)18-11-12-30(25(31)33-22-4-2-1-3-20(22)27)24(23(18)29-21)15-5-8-17(9-6-15)32-14-28/h1-10,13,24,29H,11-12,14,28H2. The molecule has 1 amide bonds. The summed E-state index contributed by atoms with van der Waals surface area (Å²) in [5.74, 6) is 0.981. The zero-order valence-electron chi connectivity index (χ0n) is 17.6. The van der Waals surface area contributed by atoms with Crippen LogP contribution in [0.2, 0.25) is 10.0 Å². The zero-order chi connectivity index (χ0) is 22.9. The third-order valence-corrected chi connectivity index (χ3v) is 6.35. The number of amides is 1. The van der Waals surface area contributed by atoms with Crippen molar-refractivity contribution in [3.05, 3.63) is 93.6 Å². The monoisotopic (exact) mass is 481 g/mol. The van der Waals surface area contributed by atoms with E-state index < -0.39 is 6.09 Å². The van der Waals surface area contributed by atoms with Crippen molar-refractivity contribution in [2.24, 2.45) is 5.73 Å². The molecule has 33 heavy (non-hydrogen) atoms. The number of nitrogens with two attached hydrogens (primary N) is 1. The van der Waals surface area contributed by atoms with Crippen LogP contribution in [0.25, 0.3) is 10.9 Å². The van der Waals surface area contributed by atoms with Crippen LogP contribution in [-0.2, 0) is 6.42 Å². The summed E-state index contributed by atoms with van der Waals surface area (Å²) < 4.78 is 11.1. The highest BCUT2D eigenvalue weighted by Gasteiger charge is 2.36. The lowest BCUT2D eigenvalue weighted by Crippen LogP contribution is -2.42. The molecule has 1 aliphatic heterocycles. The van der Waals surface area contributed by atoms with E-state index in [4.69, 9.17) is 38.4 Å². The first-order valence-corrected chi connectivity index (χ1v) is 11.3. The molecule has 1 unspecified atom stereocenters. The Bertz CT molecular complexity index is 1320. The van der Waals surface area contributed by atoms with Gasteiger partial charge in [-0.15, -0.1) is 0 Å². The number of rotatable bonds is 4. The lowest BCUT2D eigenvalue weighted by molar-refractivity contribution is 0.135. The number of benzene rings is 3. The Morgan fingerprint density at radius 1 is 1.09 bits per heavy atom. The first-order chi connectivity index (χ1) is 16.0. The maximum absolute atomic E-state index is 13.3. The fourth-order valence-corrected chi connectivity index (χ4v) is 4.67. The molecule has 0 saturated heterocycles. The Kier molecular flexibility index (Phi) is 5.89. The number of carbonyl (C=O) groups excluding carboxylic acids is 1. The molecule has 0 saturated carbocycles. The topological polar surface area (TPSA) is 80.6 Å². The van der Waals surface area contributed by atoms with Gasteiger partial charge in [-0.25, -0.2) is 4.79 Å². The van der Waals surface area contributed by atoms with E-state index in [1.54, 1.807) is 29.2 Å². The van der Waals surface area contributed by atoms with Crippen LogP contribution < -0.4 is 15.2 Å². The minimum Gasteiger partial charge on any atom is -0.479 e. The molecule has 0 aliphatic carbocycles. The quantitative estimate of drug-likeness (QED) is 0.354. The Hall–Kier alpha value is -3.19. The molecule has 168 valence electrons. The predicted molar refractivity (Wildman–Crippen MR) is 129 cm³/mol.